The maximum Gasteiger partial charge on any atom is 0.129 e. The third-order valence-corrected chi connectivity index (χ3v) is 3.85. The fourth-order valence-electron chi connectivity index (χ4n) is 2.12. The predicted octanol–water partition coefficient (Wildman–Crippen LogP) is 3.92. The summed E-state index contributed by atoms with van der Waals surface area (Å²) in [4.78, 5) is 0. The molecule has 1 atom stereocenters. The van der Waals surface area contributed by atoms with Crippen LogP contribution in [0.15, 0.2) is 46.9 Å². The molecule has 0 fully saturated rings. The van der Waals surface area contributed by atoms with Gasteiger partial charge in [-0.15, -0.1) is 0 Å². The minimum Gasteiger partial charge on any atom is -0.497 e. The predicted molar refractivity (Wildman–Crippen MR) is 85.2 cm³/mol. The van der Waals surface area contributed by atoms with Crippen molar-refractivity contribution in [2.24, 2.45) is 0 Å². The van der Waals surface area contributed by atoms with Gasteiger partial charge in [0.25, 0.3) is 0 Å². The van der Waals surface area contributed by atoms with Crippen LogP contribution in [0.4, 0.5) is 10.1 Å². The second-order valence-corrected chi connectivity index (χ2v) is 5.88. The van der Waals surface area contributed by atoms with Crippen LogP contribution >= 0.6 is 15.9 Å². The van der Waals surface area contributed by atoms with Crippen molar-refractivity contribution in [1.82, 2.24) is 0 Å². The normalized spacial score (nSPS) is 13.6. The summed E-state index contributed by atoms with van der Waals surface area (Å²) in [5, 5.41) is 12.9. The first-order chi connectivity index (χ1) is 9.98. The molecule has 0 radical (unpaired) electrons. The number of hydrogen-bond donors (Lipinski definition) is 2. The first-order valence-corrected chi connectivity index (χ1v) is 7.26. The van der Waals surface area contributed by atoms with Gasteiger partial charge in [-0.1, -0.05) is 22.0 Å². The zero-order valence-corrected chi connectivity index (χ0v) is 13.4. The van der Waals surface area contributed by atoms with Gasteiger partial charge in [-0.25, -0.2) is 4.39 Å². The number of halogens is 2. The minimum absolute atomic E-state index is 0.239. The molecule has 0 heterocycles. The van der Waals surface area contributed by atoms with Gasteiger partial charge < -0.3 is 15.2 Å². The average Bonchev–Trinajstić information content (AvgIpc) is 2.47. The lowest BCUT2D eigenvalue weighted by Gasteiger charge is -2.31. The Morgan fingerprint density at radius 1 is 1.24 bits per heavy atom. The maximum absolute atomic E-state index is 14.2. The highest BCUT2D eigenvalue weighted by Crippen LogP contribution is 2.30. The first kappa shape index (κ1) is 15.8. The van der Waals surface area contributed by atoms with Crippen LogP contribution in [0.1, 0.15) is 12.5 Å². The highest BCUT2D eigenvalue weighted by Gasteiger charge is 2.28. The molecule has 0 aliphatic rings. The van der Waals surface area contributed by atoms with Crippen molar-refractivity contribution in [3.05, 3.63) is 58.3 Å². The van der Waals surface area contributed by atoms with Crippen LogP contribution in [0, 0.1) is 5.82 Å². The molecule has 2 aromatic carbocycles. The molecule has 21 heavy (non-hydrogen) atoms. The SMILES string of the molecule is COc1ccc(NC(C)(CO)c2ccc(Br)cc2F)cc1. The smallest absolute Gasteiger partial charge is 0.129 e. The second kappa shape index (κ2) is 6.45. The Bertz CT molecular complexity index is 618. The molecule has 0 aliphatic carbocycles. The molecule has 0 amide bonds. The zero-order valence-electron chi connectivity index (χ0n) is 11.9. The number of anilines is 1. The Morgan fingerprint density at radius 3 is 2.43 bits per heavy atom. The summed E-state index contributed by atoms with van der Waals surface area (Å²) >= 11 is 3.23. The van der Waals surface area contributed by atoms with Crippen LogP contribution < -0.4 is 10.1 Å². The van der Waals surface area contributed by atoms with Crippen molar-refractivity contribution in [3.8, 4) is 5.75 Å². The largest absolute Gasteiger partial charge is 0.497 e. The van der Waals surface area contributed by atoms with Crippen LogP contribution in [0.25, 0.3) is 0 Å². The second-order valence-electron chi connectivity index (χ2n) is 4.97. The quantitative estimate of drug-likeness (QED) is 0.855. The maximum atomic E-state index is 14.2. The first-order valence-electron chi connectivity index (χ1n) is 6.47. The van der Waals surface area contributed by atoms with E-state index in [2.05, 4.69) is 21.2 Å². The number of aliphatic hydroxyl groups is 1. The van der Waals surface area contributed by atoms with E-state index in [4.69, 9.17) is 4.74 Å². The van der Waals surface area contributed by atoms with E-state index in [9.17, 15) is 9.50 Å². The minimum atomic E-state index is -0.917. The van der Waals surface area contributed by atoms with Gasteiger partial charge in [0, 0.05) is 15.7 Å². The number of hydrogen-bond acceptors (Lipinski definition) is 3. The van der Waals surface area contributed by atoms with Gasteiger partial charge in [0.15, 0.2) is 0 Å². The Labute approximate surface area is 131 Å². The summed E-state index contributed by atoms with van der Waals surface area (Å²) in [6.07, 6.45) is 0. The molecule has 0 aromatic heterocycles. The number of methoxy groups -OCH3 is 1. The highest BCUT2D eigenvalue weighted by atomic mass is 79.9. The molecular weight excluding hydrogens is 337 g/mol. The van der Waals surface area contributed by atoms with Crippen LogP contribution in [0.3, 0.4) is 0 Å². The molecule has 3 nitrogen and oxygen atoms in total. The summed E-state index contributed by atoms with van der Waals surface area (Å²) in [7, 11) is 1.59. The lowest BCUT2D eigenvalue weighted by Crippen LogP contribution is -2.36. The van der Waals surface area contributed by atoms with Crippen molar-refractivity contribution in [2.45, 2.75) is 12.5 Å². The van der Waals surface area contributed by atoms with E-state index >= 15 is 0 Å². The van der Waals surface area contributed by atoms with Crippen molar-refractivity contribution in [2.75, 3.05) is 19.0 Å². The molecule has 2 aromatic rings. The molecule has 0 saturated carbocycles. The third kappa shape index (κ3) is 3.54. The fraction of sp³-hybridized carbons (Fsp3) is 0.250. The highest BCUT2D eigenvalue weighted by molar-refractivity contribution is 9.10. The summed E-state index contributed by atoms with van der Waals surface area (Å²) in [5.74, 6) is 0.364. The van der Waals surface area contributed by atoms with E-state index < -0.39 is 5.54 Å². The number of nitrogens with one attached hydrogen (secondary N) is 1. The summed E-state index contributed by atoms with van der Waals surface area (Å²) < 4.78 is 19.9. The van der Waals surface area contributed by atoms with Gasteiger partial charge in [-0.2, -0.15) is 0 Å². The molecule has 1 unspecified atom stereocenters. The van der Waals surface area contributed by atoms with E-state index in [0.29, 0.717) is 10.0 Å². The van der Waals surface area contributed by atoms with Gasteiger partial charge >= 0.3 is 0 Å². The lowest BCUT2D eigenvalue weighted by atomic mass is 9.92. The van der Waals surface area contributed by atoms with Gasteiger partial charge in [0.2, 0.25) is 0 Å². The average molecular weight is 354 g/mol. The topological polar surface area (TPSA) is 41.5 Å². The number of aliphatic hydroxyl groups excluding tert-OH is 1. The Kier molecular flexibility index (Phi) is 4.85. The zero-order chi connectivity index (χ0) is 15.5. The van der Waals surface area contributed by atoms with Gasteiger partial charge in [-0.3, -0.25) is 0 Å². The molecule has 112 valence electrons. The van der Waals surface area contributed by atoms with Gasteiger partial charge in [-0.05, 0) is 43.3 Å². The van der Waals surface area contributed by atoms with E-state index in [1.165, 1.54) is 6.07 Å². The molecule has 2 rings (SSSR count). The summed E-state index contributed by atoms with van der Waals surface area (Å²) in [6.45, 7) is 1.52. The van der Waals surface area contributed by atoms with Crippen LogP contribution in [-0.4, -0.2) is 18.8 Å². The molecule has 5 heteroatoms. The Balaban J connectivity index is 2.31. The van der Waals surface area contributed by atoms with E-state index in [1.807, 2.05) is 12.1 Å². The van der Waals surface area contributed by atoms with E-state index in [0.717, 1.165) is 11.4 Å². The van der Waals surface area contributed by atoms with Gasteiger partial charge in [0.1, 0.15) is 11.6 Å². The Hall–Kier alpha value is -1.59. The third-order valence-electron chi connectivity index (χ3n) is 3.35. The molecule has 0 aliphatic heterocycles. The lowest BCUT2D eigenvalue weighted by molar-refractivity contribution is 0.220. The van der Waals surface area contributed by atoms with E-state index in [1.54, 1.807) is 38.3 Å². The van der Waals surface area contributed by atoms with Crippen molar-refractivity contribution in [1.29, 1.82) is 0 Å². The van der Waals surface area contributed by atoms with E-state index in [-0.39, 0.29) is 12.4 Å². The summed E-state index contributed by atoms with van der Waals surface area (Å²) in [6, 6.07) is 12.1. The number of ether oxygens (including phenoxy) is 1. The van der Waals surface area contributed by atoms with Crippen LogP contribution in [0.5, 0.6) is 5.75 Å². The number of benzene rings is 2. The molecule has 0 saturated heterocycles. The van der Waals surface area contributed by atoms with Crippen molar-refractivity contribution in [3.63, 3.8) is 0 Å². The molecule has 0 spiro atoms. The number of rotatable bonds is 5. The van der Waals surface area contributed by atoms with Gasteiger partial charge in [0.05, 0.1) is 19.3 Å². The standard InChI is InChI=1S/C16H17BrFNO2/c1-16(10-20,14-8-3-11(17)9-15(14)18)19-12-4-6-13(21-2)7-5-12/h3-9,19-20H,10H2,1-2H3. The monoisotopic (exact) mass is 353 g/mol. The summed E-state index contributed by atoms with van der Waals surface area (Å²) in [5.41, 5.74) is 0.262. The molecule has 2 N–H and O–H groups in total. The molecular formula is C16H17BrFNO2. The van der Waals surface area contributed by atoms with Crippen LogP contribution in [-0.2, 0) is 5.54 Å². The van der Waals surface area contributed by atoms with Crippen LogP contribution in [0.2, 0.25) is 0 Å². The van der Waals surface area contributed by atoms with Crippen molar-refractivity contribution < 1.29 is 14.2 Å². The van der Waals surface area contributed by atoms with Crippen molar-refractivity contribution >= 4 is 21.6 Å². The Morgan fingerprint density at radius 2 is 1.90 bits per heavy atom. The fourth-order valence-corrected chi connectivity index (χ4v) is 2.46. The molecule has 0 bridgehead atoms.